The Hall–Kier alpha value is -2.60. The first-order valence-electron chi connectivity index (χ1n) is 12.3. The monoisotopic (exact) mass is 451 g/mol. The lowest BCUT2D eigenvalue weighted by molar-refractivity contribution is -0.132. The maximum absolute atomic E-state index is 12.8. The van der Waals surface area contributed by atoms with Crippen LogP contribution in [0.2, 0.25) is 0 Å². The largest absolute Gasteiger partial charge is 0.497 e. The predicted octanol–water partition coefficient (Wildman–Crippen LogP) is 3.97. The smallest absolute Gasteiger partial charge is 0.236 e. The van der Waals surface area contributed by atoms with Crippen molar-refractivity contribution in [2.24, 2.45) is 5.92 Å². The summed E-state index contributed by atoms with van der Waals surface area (Å²) < 4.78 is 5.30. The number of piperidine rings is 1. The molecule has 0 radical (unpaired) electrons. The third-order valence-corrected chi connectivity index (χ3v) is 7.23. The van der Waals surface area contributed by atoms with Gasteiger partial charge in [0.05, 0.1) is 13.7 Å². The molecule has 2 amide bonds. The molecule has 1 N–H and O–H groups in total. The van der Waals surface area contributed by atoms with Gasteiger partial charge in [-0.3, -0.25) is 14.5 Å². The van der Waals surface area contributed by atoms with Crippen molar-refractivity contribution in [1.29, 1.82) is 0 Å². The third-order valence-electron chi connectivity index (χ3n) is 7.23. The topological polar surface area (TPSA) is 61.9 Å². The summed E-state index contributed by atoms with van der Waals surface area (Å²) in [6, 6.07) is 12.6. The SMILES string of the molecule is COc1ccc2cc(CN(C)C(=O)CN3CCC(NC(=O)C4CCCCC4)CC3)ccc2c1. The zero-order valence-electron chi connectivity index (χ0n) is 20.0. The number of nitrogens with one attached hydrogen (secondary N) is 1. The highest BCUT2D eigenvalue weighted by atomic mass is 16.5. The number of hydrogen-bond acceptors (Lipinski definition) is 4. The van der Waals surface area contributed by atoms with E-state index in [-0.39, 0.29) is 23.8 Å². The summed E-state index contributed by atoms with van der Waals surface area (Å²) in [6.07, 6.45) is 7.54. The van der Waals surface area contributed by atoms with Crippen molar-refractivity contribution in [2.45, 2.75) is 57.5 Å². The predicted molar refractivity (Wildman–Crippen MR) is 131 cm³/mol. The lowest BCUT2D eigenvalue weighted by Gasteiger charge is -2.34. The first kappa shape index (κ1) is 23.6. The van der Waals surface area contributed by atoms with Gasteiger partial charge in [0.2, 0.25) is 11.8 Å². The molecule has 1 heterocycles. The summed E-state index contributed by atoms with van der Waals surface area (Å²) in [5, 5.41) is 5.55. The summed E-state index contributed by atoms with van der Waals surface area (Å²) in [5.74, 6) is 1.44. The number of ether oxygens (including phenoxy) is 1. The summed E-state index contributed by atoms with van der Waals surface area (Å²) in [7, 11) is 3.55. The first-order chi connectivity index (χ1) is 16.0. The van der Waals surface area contributed by atoms with Crippen LogP contribution in [0.25, 0.3) is 10.8 Å². The highest BCUT2D eigenvalue weighted by Crippen LogP contribution is 2.25. The summed E-state index contributed by atoms with van der Waals surface area (Å²) in [6.45, 7) is 2.74. The Morgan fingerprint density at radius 2 is 1.70 bits per heavy atom. The molecule has 1 aliphatic carbocycles. The summed E-state index contributed by atoms with van der Waals surface area (Å²) >= 11 is 0. The van der Waals surface area contributed by atoms with E-state index in [0.717, 1.165) is 60.9 Å². The van der Waals surface area contributed by atoms with Gasteiger partial charge in [0.25, 0.3) is 0 Å². The van der Waals surface area contributed by atoms with Gasteiger partial charge in [0.1, 0.15) is 5.75 Å². The van der Waals surface area contributed by atoms with E-state index in [9.17, 15) is 9.59 Å². The second-order valence-corrected chi connectivity index (χ2v) is 9.69. The average Bonchev–Trinajstić information content (AvgIpc) is 2.85. The second-order valence-electron chi connectivity index (χ2n) is 9.69. The number of carbonyl (C=O) groups excluding carboxylic acids is 2. The summed E-state index contributed by atoms with van der Waals surface area (Å²) in [5.41, 5.74) is 1.12. The fourth-order valence-corrected chi connectivity index (χ4v) is 5.09. The van der Waals surface area contributed by atoms with Gasteiger partial charge >= 0.3 is 0 Å². The highest BCUT2D eigenvalue weighted by molar-refractivity contribution is 5.85. The van der Waals surface area contributed by atoms with E-state index in [4.69, 9.17) is 4.74 Å². The number of amides is 2. The molecular formula is C27H37N3O3. The van der Waals surface area contributed by atoms with Crippen molar-refractivity contribution in [3.63, 3.8) is 0 Å². The molecule has 33 heavy (non-hydrogen) atoms. The number of hydrogen-bond donors (Lipinski definition) is 1. The number of benzene rings is 2. The van der Waals surface area contributed by atoms with E-state index >= 15 is 0 Å². The molecule has 0 aromatic heterocycles. The van der Waals surface area contributed by atoms with Crippen molar-refractivity contribution in [3.8, 4) is 5.75 Å². The molecule has 1 aliphatic heterocycles. The molecule has 0 spiro atoms. The van der Waals surface area contributed by atoms with Gasteiger partial charge in [0.15, 0.2) is 0 Å². The Balaban J connectivity index is 1.22. The Morgan fingerprint density at radius 1 is 1.00 bits per heavy atom. The van der Waals surface area contributed by atoms with Crippen LogP contribution < -0.4 is 10.1 Å². The van der Waals surface area contributed by atoms with Crippen molar-refractivity contribution in [3.05, 3.63) is 42.0 Å². The fraction of sp³-hybridized carbons (Fsp3) is 0.556. The van der Waals surface area contributed by atoms with Crippen LogP contribution in [-0.4, -0.2) is 61.4 Å². The van der Waals surface area contributed by atoms with Crippen molar-refractivity contribution >= 4 is 22.6 Å². The molecule has 6 nitrogen and oxygen atoms in total. The lowest BCUT2D eigenvalue weighted by Crippen LogP contribution is -2.48. The Bertz CT molecular complexity index is 962. The standard InChI is InChI=1S/C27H37N3O3/c1-29(18-20-8-9-23-17-25(33-2)11-10-22(23)16-20)26(31)19-30-14-12-24(13-15-30)28-27(32)21-6-4-3-5-7-21/h8-11,16-17,21,24H,3-7,12-15,18-19H2,1-2H3,(H,28,32). The zero-order valence-corrected chi connectivity index (χ0v) is 20.0. The number of rotatable bonds is 7. The third kappa shape index (κ3) is 6.26. The molecule has 1 saturated carbocycles. The number of methoxy groups -OCH3 is 1. The van der Waals surface area contributed by atoms with E-state index in [1.165, 1.54) is 19.3 Å². The molecule has 0 unspecified atom stereocenters. The van der Waals surface area contributed by atoms with E-state index in [2.05, 4.69) is 34.5 Å². The molecule has 6 heteroatoms. The molecular weight excluding hydrogens is 414 g/mol. The second kappa shape index (κ2) is 11.0. The lowest BCUT2D eigenvalue weighted by atomic mass is 9.88. The van der Waals surface area contributed by atoms with Gasteiger partial charge in [-0.05, 0) is 60.2 Å². The van der Waals surface area contributed by atoms with Gasteiger partial charge in [0, 0.05) is 38.6 Å². The molecule has 0 atom stereocenters. The number of likely N-dealkylation sites (tertiary alicyclic amines) is 1. The quantitative estimate of drug-likeness (QED) is 0.692. The van der Waals surface area contributed by atoms with Gasteiger partial charge in [-0.2, -0.15) is 0 Å². The zero-order chi connectivity index (χ0) is 23.2. The van der Waals surface area contributed by atoms with Gasteiger partial charge in [-0.15, -0.1) is 0 Å². The highest BCUT2D eigenvalue weighted by Gasteiger charge is 2.26. The Morgan fingerprint density at radius 3 is 2.42 bits per heavy atom. The minimum absolute atomic E-state index is 0.134. The fourth-order valence-electron chi connectivity index (χ4n) is 5.09. The molecule has 2 aromatic rings. The van der Waals surface area contributed by atoms with Gasteiger partial charge in [-0.25, -0.2) is 0 Å². The number of likely N-dealkylation sites (N-methyl/N-ethyl adjacent to an activating group) is 1. The normalized spacial score (nSPS) is 18.2. The van der Waals surface area contributed by atoms with Crippen LogP contribution >= 0.6 is 0 Å². The minimum Gasteiger partial charge on any atom is -0.497 e. The van der Waals surface area contributed by atoms with E-state index < -0.39 is 0 Å². The van der Waals surface area contributed by atoms with Crippen LogP contribution in [0.5, 0.6) is 5.75 Å². The molecule has 2 fully saturated rings. The molecule has 178 valence electrons. The maximum atomic E-state index is 12.8. The van der Waals surface area contributed by atoms with Gasteiger partial charge in [-0.1, -0.05) is 37.5 Å². The number of nitrogens with zero attached hydrogens (tertiary/aromatic N) is 2. The van der Waals surface area contributed by atoms with Crippen molar-refractivity contribution in [1.82, 2.24) is 15.1 Å². The maximum Gasteiger partial charge on any atom is 0.236 e. The van der Waals surface area contributed by atoms with Crippen LogP contribution in [0.15, 0.2) is 36.4 Å². The minimum atomic E-state index is 0.134. The number of carbonyl (C=O) groups is 2. The van der Waals surface area contributed by atoms with E-state index in [1.54, 1.807) is 7.11 Å². The van der Waals surface area contributed by atoms with Crippen LogP contribution in [0.4, 0.5) is 0 Å². The number of fused-ring (bicyclic) bond motifs is 1. The van der Waals surface area contributed by atoms with Gasteiger partial charge < -0.3 is 15.0 Å². The van der Waals surface area contributed by atoms with E-state index in [1.807, 2.05) is 24.1 Å². The average molecular weight is 452 g/mol. The first-order valence-corrected chi connectivity index (χ1v) is 12.3. The molecule has 4 rings (SSSR count). The molecule has 2 aromatic carbocycles. The van der Waals surface area contributed by atoms with Crippen molar-refractivity contribution in [2.75, 3.05) is 33.8 Å². The van der Waals surface area contributed by atoms with Crippen LogP contribution in [0.1, 0.15) is 50.5 Å². The Kier molecular flexibility index (Phi) is 7.86. The molecule has 0 bridgehead atoms. The van der Waals surface area contributed by atoms with Crippen LogP contribution in [0, 0.1) is 5.92 Å². The summed E-state index contributed by atoms with van der Waals surface area (Å²) in [4.78, 5) is 29.4. The van der Waals surface area contributed by atoms with Crippen molar-refractivity contribution < 1.29 is 14.3 Å². The van der Waals surface area contributed by atoms with Crippen LogP contribution in [-0.2, 0) is 16.1 Å². The Labute approximate surface area is 197 Å². The molecule has 1 saturated heterocycles. The molecule has 2 aliphatic rings. The van der Waals surface area contributed by atoms with E-state index in [0.29, 0.717) is 13.1 Å². The van der Waals surface area contributed by atoms with Crippen LogP contribution in [0.3, 0.4) is 0 Å².